The lowest BCUT2D eigenvalue weighted by molar-refractivity contribution is 0.0522. The fourth-order valence-corrected chi connectivity index (χ4v) is 2.15. The highest BCUT2D eigenvalue weighted by atomic mass is 16.5. The van der Waals surface area contributed by atoms with E-state index < -0.39 is 11.9 Å². The van der Waals surface area contributed by atoms with E-state index in [0.29, 0.717) is 35.2 Å². The summed E-state index contributed by atoms with van der Waals surface area (Å²) in [5, 5.41) is 8.74. The van der Waals surface area contributed by atoms with Crippen molar-refractivity contribution in [3.05, 3.63) is 47.5 Å². The second kappa shape index (κ2) is 11.3. The van der Waals surface area contributed by atoms with Crippen LogP contribution in [0.1, 0.15) is 27.6 Å². The van der Waals surface area contributed by atoms with Gasteiger partial charge in [-0.05, 0) is 31.2 Å². The zero-order valence-corrected chi connectivity index (χ0v) is 16.5. The van der Waals surface area contributed by atoms with E-state index in [9.17, 15) is 9.59 Å². The minimum atomic E-state index is -1.01. The number of carboxylic acids is 1. The third kappa shape index (κ3) is 6.08. The van der Waals surface area contributed by atoms with Crippen LogP contribution in [-0.4, -0.2) is 52.1 Å². The summed E-state index contributed by atoms with van der Waals surface area (Å²) in [7, 11) is 5.98. The van der Waals surface area contributed by atoms with Gasteiger partial charge < -0.3 is 28.8 Å². The molecule has 2 rings (SSSR count). The first kappa shape index (κ1) is 22.6. The minimum Gasteiger partial charge on any atom is -0.497 e. The van der Waals surface area contributed by atoms with Gasteiger partial charge in [0.15, 0.2) is 0 Å². The van der Waals surface area contributed by atoms with E-state index >= 15 is 0 Å². The molecule has 0 aliphatic heterocycles. The van der Waals surface area contributed by atoms with Crippen LogP contribution in [0.5, 0.6) is 23.0 Å². The Hall–Kier alpha value is -3.42. The lowest BCUT2D eigenvalue weighted by atomic mass is 10.2. The number of rotatable bonds is 7. The molecule has 0 atom stereocenters. The molecule has 0 heterocycles. The Kier molecular flexibility index (Phi) is 9.15. The Bertz CT molecular complexity index is 801. The molecule has 0 aromatic heterocycles. The number of ether oxygens (including phenoxy) is 5. The molecular weight excluding hydrogens is 368 g/mol. The van der Waals surface area contributed by atoms with E-state index in [4.69, 9.17) is 28.8 Å². The molecule has 1 N–H and O–H groups in total. The monoisotopic (exact) mass is 392 g/mol. The SMILES string of the molecule is CCOC(=O)c1ccc(OC)cc1OC.COc1ccc(C(=O)O)c(OC)c1. The molecule has 0 fully saturated rings. The van der Waals surface area contributed by atoms with E-state index in [1.165, 1.54) is 33.5 Å². The molecular formula is C20H24O8. The highest BCUT2D eigenvalue weighted by molar-refractivity contribution is 5.92. The number of aromatic carboxylic acids is 1. The molecule has 0 aliphatic rings. The quantitative estimate of drug-likeness (QED) is 0.717. The second-order valence-corrected chi connectivity index (χ2v) is 5.16. The van der Waals surface area contributed by atoms with Crippen molar-refractivity contribution in [1.82, 2.24) is 0 Å². The Balaban J connectivity index is 0.000000283. The second-order valence-electron chi connectivity index (χ2n) is 5.16. The largest absolute Gasteiger partial charge is 0.497 e. The normalized spacial score (nSPS) is 9.46. The van der Waals surface area contributed by atoms with Gasteiger partial charge in [-0.2, -0.15) is 0 Å². The average molecular weight is 392 g/mol. The number of hydrogen-bond donors (Lipinski definition) is 1. The fourth-order valence-electron chi connectivity index (χ4n) is 2.15. The fraction of sp³-hybridized carbons (Fsp3) is 0.300. The summed E-state index contributed by atoms with van der Waals surface area (Å²) < 4.78 is 24.8. The van der Waals surface area contributed by atoms with Crippen LogP contribution in [0.3, 0.4) is 0 Å². The molecule has 2 aromatic carbocycles. The van der Waals surface area contributed by atoms with Crippen LogP contribution in [0, 0.1) is 0 Å². The summed E-state index contributed by atoms with van der Waals surface area (Å²) in [6.07, 6.45) is 0. The molecule has 0 amide bonds. The number of carbonyl (C=O) groups excluding carboxylic acids is 1. The molecule has 0 saturated carbocycles. The van der Waals surface area contributed by atoms with Gasteiger partial charge in [-0.3, -0.25) is 0 Å². The minimum absolute atomic E-state index is 0.128. The van der Waals surface area contributed by atoms with Crippen molar-refractivity contribution in [3.63, 3.8) is 0 Å². The molecule has 0 aliphatic carbocycles. The topological polar surface area (TPSA) is 101 Å². The van der Waals surface area contributed by atoms with Crippen LogP contribution < -0.4 is 18.9 Å². The standard InChI is InChI=1S/C11H14O4.C9H10O4/c1-4-15-11(12)9-6-5-8(13-2)7-10(9)14-3;1-12-6-3-4-7(9(10)11)8(5-6)13-2/h5-7H,4H2,1-3H3;3-5H,1-2H3,(H,10,11). The molecule has 152 valence electrons. The molecule has 0 unspecified atom stereocenters. The maximum Gasteiger partial charge on any atom is 0.341 e. The summed E-state index contributed by atoms with van der Waals surface area (Å²) in [5.41, 5.74) is 0.531. The number of carboxylic acid groups (broad SMARTS) is 1. The van der Waals surface area contributed by atoms with Crippen LogP contribution >= 0.6 is 0 Å². The summed E-state index contributed by atoms with van der Waals surface area (Å²) in [6.45, 7) is 2.10. The van der Waals surface area contributed by atoms with Gasteiger partial charge in [-0.25, -0.2) is 9.59 Å². The highest BCUT2D eigenvalue weighted by Gasteiger charge is 2.14. The lowest BCUT2D eigenvalue weighted by Gasteiger charge is -2.09. The van der Waals surface area contributed by atoms with Gasteiger partial charge in [0.2, 0.25) is 0 Å². The van der Waals surface area contributed by atoms with Crippen molar-refractivity contribution >= 4 is 11.9 Å². The third-order valence-electron chi connectivity index (χ3n) is 3.54. The number of hydrogen-bond acceptors (Lipinski definition) is 7. The predicted molar refractivity (Wildman–Crippen MR) is 102 cm³/mol. The van der Waals surface area contributed by atoms with Crippen molar-refractivity contribution in [2.24, 2.45) is 0 Å². The summed E-state index contributed by atoms with van der Waals surface area (Å²) in [5.74, 6) is 0.554. The Morgan fingerprint density at radius 2 is 1.25 bits per heavy atom. The van der Waals surface area contributed by atoms with E-state index in [1.54, 1.807) is 38.3 Å². The first-order chi connectivity index (χ1) is 13.4. The van der Waals surface area contributed by atoms with Crippen LogP contribution in [-0.2, 0) is 4.74 Å². The van der Waals surface area contributed by atoms with Gasteiger partial charge in [-0.1, -0.05) is 0 Å². The van der Waals surface area contributed by atoms with Gasteiger partial charge in [-0.15, -0.1) is 0 Å². The Labute approximate surface area is 163 Å². The van der Waals surface area contributed by atoms with Crippen molar-refractivity contribution in [1.29, 1.82) is 0 Å². The molecule has 0 saturated heterocycles. The number of esters is 1. The van der Waals surface area contributed by atoms with Crippen molar-refractivity contribution < 1.29 is 38.4 Å². The van der Waals surface area contributed by atoms with Gasteiger partial charge in [0, 0.05) is 12.1 Å². The van der Waals surface area contributed by atoms with Gasteiger partial charge in [0.05, 0.1) is 35.0 Å². The lowest BCUT2D eigenvalue weighted by Crippen LogP contribution is -2.06. The first-order valence-corrected chi connectivity index (χ1v) is 8.26. The smallest absolute Gasteiger partial charge is 0.341 e. The Morgan fingerprint density at radius 3 is 1.64 bits per heavy atom. The summed E-state index contributed by atoms with van der Waals surface area (Å²) in [6, 6.07) is 9.51. The third-order valence-corrected chi connectivity index (χ3v) is 3.54. The number of methoxy groups -OCH3 is 4. The van der Waals surface area contributed by atoms with Crippen molar-refractivity contribution in [3.8, 4) is 23.0 Å². The molecule has 0 radical (unpaired) electrons. The highest BCUT2D eigenvalue weighted by Crippen LogP contribution is 2.25. The molecule has 0 spiro atoms. The van der Waals surface area contributed by atoms with Crippen molar-refractivity contribution in [2.75, 3.05) is 35.0 Å². The molecule has 0 bridgehead atoms. The van der Waals surface area contributed by atoms with Crippen LogP contribution in [0.25, 0.3) is 0 Å². The number of benzene rings is 2. The maximum atomic E-state index is 11.5. The van der Waals surface area contributed by atoms with E-state index in [-0.39, 0.29) is 5.56 Å². The van der Waals surface area contributed by atoms with Gasteiger partial charge >= 0.3 is 11.9 Å². The van der Waals surface area contributed by atoms with E-state index in [2.05, 4.69) is 0 Å². The molecule has 2 aromatic rings. The number of carbonyl (C=O) groups is 2. The molecule has 8 heteroatoms. The van der Waals surface area contributed by atoms with Gasteiger partial charge in [0.1, 0.15) is 34.1 Å². The van der Waals surface area contributed by atoms with Crippen molar-refractivity contribution in [2.45, 2.75) is 6.92 Å². The predicted octanol–water partition coefficient (Wildman–Crippen LogP) is 3.28. The zero-order valence-electron chi connectivity index (χ0n) is 16.5. The molecule has 28 heavy (non-hydrogen) atoms. The average Bonchev–Trinajstić information content (AvgIpc) is 2.73. The van der Waals surface area contributed by atoms with Crippen LogP contribution in [0.2, 0.25) is 0 Å². The van der Waals surface area contributed by atoms with E-state index in [0.717, 1.165) is 0 Å². The maximum absolute atomic E-state index is 11.5. The van der Waals surface area contributed by atoms with E-state index in [1.807, 2.05) is 0 Å². The summed E-state index contributed by atoms with van der Waals surface area (Å²) in [4.78, 5) is 22.1. The first-order valence-electron chi connectivity index (χ1n) is 8.26. The Morgan fingerprint density at radius 1 is 0.786 bits per heavy atom. The summed E-state index contributed by atoms with van der Waals surface area (Å²) >= 11 is 0. The van der Waals surface area contributed by atoms with Gasteiger partial charge in [0.25, 0.3) is 0 Å². The van der Waals surface area contributed by atoms with Crippen LogP contribution in [0.15, 0.2) is 36.4 Å². The zero-order chi connectivity index (χ0) is 21.1. The van der Waals surface area contributed by atoms with Crippen LogP contribution in [0.4, 0.5) is 0 Å². The molecule has 8 nitrogen and oxygen atoms in total.